The number of nitrogens with zero attached hydrogens (tertiary/aromatic N) is 1. The number of Topliss-reactive ketones (excluding diaryl/α,β-unsaturated/α-hetero) is 1. The molecule has 1 aliphatic rings. The van der Waals surface area contributed by atoms with Crippen LogP contribution in [0.5, 0.6) is 0 Å². The Bertz CT molecular complexity index is 822. The Morgan fingerprint density at radius 2 is 2.04 bits per heavy atom. The Hall–Kier alpha value is -1.61. The molecule has 0 aliphatic heterocycles. The molecule has 1 aromatic heterocycles. The molecule has 152 valence electrons. The number of carbonyl (C=O) groups is 2. The Labute approximate surface area is 179 Å². The maximum Gasteiger partial charge on any atom is 0.325 e. The van der Waals surface area contributed by atoms with E-state index < -0.39 is 0 Å². The smallest absolute Gasteiger partial charge is 0.325 e. The summed E-state index contributed by atoms with van der Waals surface area (Å²) >= 11 is 3.10. The first-order valence-corrected chi connectivity index (χ1v) is 11.0. The van der Waals surface area contributed by atoms with Crippen molar-refractivity contribution in [3.63, 3.8) is 0 Å². The molecule has 1 aromatic carbocycles. The molecule has 0 atom stereocenters. The summed E-state index contributed by atoms with van der Waals surface area (Å²) < 4.78 is 1.04. The maximum absolute atomic E-state index is 12.9. The van der Waals surface area contributed by atoms with E-state index in [1.807, 2.05) is 19.1 Å². The largest absolute Gasteiger partial charge is 1.00 e. The van der Waals surface area contributed by atoms with Gasteiger partial charge in [-0.1, -0.05) is 35.8 Å². The standard InChI is InChI=1S/C19H24N4O2S2.ClH/c1-12-6-7-15(14(10-12)17(24)13-4-2-3-5-13)22-18(25)23-19-21-11-16(27-19)26-9-8-20;/h6-7,10-11,13H,2-5,8-9,20H2,1H3,(H2,21,22,23,25);1H. The predicted octanol–water partition coefficient (Wildman–Crippen LogP) is 0.806. The third kappa shape index (κ3) is 5.94. The number of hydrogen-bond donors (Lipinski definition) is 3. The van der Waals surface area contributed by atoms with E-state index in [4.69, 9.17) is 0 Å². The van der Waals surface area contributed by atoms with Crippen LogP contribution in [-0.2, 0) is 0 Å². The first-order chi connectivity index (χ1) is 13.1. The van der Waals surface area contributed by atoms with E-state index in [2.05, 4.69) is 21.4 Å². The molecule has 2 aromatic rings. The number of ketones is 1. The zero-order valence-electron chi connectivity index (χ0n) is 15.8. The number of benzene rings is 1. The van der Waals surface area contributed by atoms with E-state index in [9.17, 15) is 9.59 Å². The highest BCUT2D eigenvalue weighted by atomic mass is 35.5. The van der Waals surface area contributed by atoms with Gasteiger partial charge in [-0.15, -0.1) is 11.8 Å². The molecule has 0 radical (unpaired) electrons. The number of anilines is 2. The van der Waals surface area contributed by atoms with Gasteiger partial charge in [-0.3, -0.25) is 10.1 Å². The highest BCUT2D eigenvalue weighted by Crippen LogP contribution is 2.31. The molecule has 0 bridgehead atoms. The van der Waals surface area contributed by atoms with E-state index in [0.29, 0.717) is 16.4 Å². The van der Waals surface area contributed by atoms with Crippen LogP contribution in [-0.4, -0.2) is 29.1 Å². The SMILES string of the molecule is Cc1ccc(NC(=O)Nc2ncc(SCC[NH3+])s2)c(C(=O)C2CCCC2)c1.[Cl-]. The summed E-state index contributed by atoms with van der Waals surface area (Å²) in [6.07, 6.45) is 5.83. The first kappa shape index (κ1) is 22.7. The molecule has 0 saturated heterocycles. The number of rotatable bonds is 7. The third-order valence-corrected chi connectivity index (χ3v) is 6.70. The highest BCUT2D eigenvalue weighted by molar-refractivity contribution is 8.01. The minimum absolute atomic E-state index is 0. The van der Waals surface area contributed by atoms with Gasteiger partial charge in [0.1, 0.15) is 0 Å². The zero-order chi connectivity index (χ0) is 19.2. The van der Waals surface area contributed by atoms with Gasteiger partial charge in [0, 0.05) is 17.2 Å². The van der Waals surface area contributed by atoms with Gasteiger partial charge in [-0.2, -0.15) is 0 Å². The second kappa shape index (κ2) is 10.8. The van der Waals surface area contributed by atoms with Gasteiger partial charge < -0.3 is 23.5 Å². The van der Waals surface area contributed by atoms with Crippen LogP contribution in [0.15, 0.2) is 28.6 Å². The van der Waals surface area contributed by atoms with Crippen molar-refractivity contribution in [2.45, 2.75) is 36.8 Å². The van der Waals surface area contributed by atoms with Crippen LogP contribution in [0, 0.1) is 12.8 Å². The van der Waals surface area contributed by atoms with E-state index in [-0.39, 0.29) is 30.1 Å². The number of aromatic nitrogens is 1. The molecule has 1 saturated carbocycles. The van der Waals surface area contributed by atoms with Crippen LogP contribution in [0.25, 0.3) is 0 Å². The summed E-state index contributed by atoms with van der Waals surface area (Å²) in [5, 5.41) is 6.11. The number of urea groups is 1. The molecule has 3 rings (SSSR count). The summed E-state index contributed by atoms with van der Waals surface area (Å²) in [7, 11) is 0. The molecule has 0 spiro atoms. The number of aryl methyl sites for hydroxylation is 1. The molecule has 2 amide bonds. The van der Waals surface area contributed by atoms with Gasteiger partial charge in [0.05, 0.1) is 22.6 Å². The average Bonchev–Trinajstić information content (AvgIpc) is 3.33. The molecule has 28 heavy (non-hydrogen) atoms. The van der Waals surface area contributed by atoms with Crippen molar-refractivity contribution in [2.24, 2.45) is 5.92 Å². The number of amides is 2. The van der Waals surface area contributed by atoms with Crippen molar-refractivity contribution in [3.8, 4) is 0 Å². The molecule has 6 nitrogen and oxygen atoms in total. The number of hydrogen-bond acceptors (Lipinski definition) is 5. The lowest BCUT2D eigenvalue weighted by molar-refractivity contribution is -0.360. The van der Waals surface area contributed by atoms with Crippen molar-refractivity contribution in [2.75, 3.05) is 22.9 Å². The number of thioether (sulfide) groups is 1. The van der Waals surface area contributed by atoms with Crippen molar-refractivity contribution in [3.05, 3.63) is 35.5 Å². The molecule has 1 heterocycles. The van der Waals surface area contributed by atoms with Gasteiger partial charge in [-0.05, 0) is 31.9 Å². The number of quaternary nitrogens is 1. The molecule has 9 heteroatoms. The van der Waals surface area contributed by atoms with Crippen molar-refractivity contribution < 1.29 is 27.7 Å². The van der Waals surface area contributed by atoms with Crippen molar-refractivity contribution >= 4 is 45.7 Å². The monoisotopic (exact) mass is 440 g/mol. The molecule has 1 fully saturated rings. The maximum atomic E-state index is 12.9. The normalized spacial score (nSPS) is 13.8. The zero-order valence-corrected chi connectivity index (χ0v) is 18.2. The second-order valence-electron chi connectivity index (χ2n) is 6.66. The van der Waals surface area contributed by atoms with E-state index >= 15 is 0 Å². The molecule has 0 unspecified atom stereocenters. The van der Waals surface area contributed by atoms with Crippen molar-refractivity contribution in [1.29, 1.82) is 0 Å². The van der Waals surface area contributed by atoms with E-state index in [0.717, 1.165) is 47.8 Å². The summed E-state index contributed by atoms with van der Waals surface area (Å²) in [6.45, 7) is 2.80. The molecule has 5 N–H and O–H groups in total. The Morgan fingerprint density at radius 3 is 2.75 bits per heavy atom. The molecular formula is C19H25ClN4O2S2. The lowest BCUT2D eigenvalue weighted by Crippen LogP contribution is -3.00. The van der Waals surface area contributed by atoms with Gasteiger partial charge in [-0.25, -0.2) is 9.78 Å². The lowest BCUT2D eigenvalue weighted by atomic mass is 9.94. The Morgan fingerprint density at radius 1 is 1.29 bits per heavy atom. The number of nitrogens with one attached hydrogen (secondary N) is 2. The summed E-state index contributed by atoms with van der Waals surface area (Å²) in [4.78, 5) is 29.5. The van der Waals surface area contributed by atoms with Crippen LogP contribution < -0.4 is 28.8 Å². The average molecular weight is 441 g/mol. The second-order valence-corrected chi connectivity index (χ2v) is 9.09. The minimum Gasteiger partial charge on any atom is -1.00 e. The fourth-order valence-corrected chi connectivity index (χ4v) is 4.93. The highest BCUT2D eigenvalue weighted by Gasteiger charge is 2.26. The Balaban J connectivity index is 0.00000280. The fourth-order valence-electron chi connectivity index (χ4n) is 3.19. The fraction of sp³-hybridized carbons (Fsp3) is 0.421. The van der Waals surface area contributed by atoms with Crippen LogP contribution in [0.2, 0.25) is 0 Å². The Kier molecular flexibility index (Phi) is 8.75. The predicted molar refractivity (Wildman–Crippen MR) is 111 cm³/mol. The number of halogens is 1. The topological polar surface area (TPSA) is 98.7 Å². The van der Waals surface area contributed by atoms with Gasteiger partial charge in [0.15, 0.2) is 10.9 Å². The van der Waals surface area contributed by atoms with E-state index in [1.54, 1.807) is 24.0 Å². The summed E-state index contributed by atoms with van der Waals surface area (Å²) in [5.74, 6) is 1.12. The van der Waals surface area contributed by atoms with Crippen LogP contribution in [0.4, 0.5) is 15.6 Å². The third-order valence-electron chi connectivity index (χ3n) is 4.51. The van der Waals surface area contributed by atoms with Crippen LogP contribution in [0.3, 0.4) is 0 Å². The first-order valence-electron chi connectivity index (χ1n) is 9.17. The van der Waals surface area contributed by atoms with Crippen molar-refractivity contribution in [1.82, 2.24) is 4.98 Å². The van der Waals surface area contributed by atoms with Crippen LogP contribution >= 0.6 is 23.1 Å². The number of thiazole rings is 1. The van der Waals surface area contributed by atoms with Gasteiger partial charge in [0.2, 0.25) is 0 Å². The summed E-state index contributed by atoms with van der Waals surface area (Å²) in [6, 6.07) is 5.18. The minimum atomic E-state index is -0.387. The molecule has 1 aliphatic carbocycles. The lowest BCUT2D eigenvalue weighted by Gasteiger charge is -2.14. The van der Waals surface area contributed by atoms with E-state index in [1.165, 1.54) is 11.3 Å². The summed E-state index contributed by atoms with van der Waals surface area (Å²) in [5.41, 5.74) is 5.98. The molecular weight excluding hydrogens is 416 g/mol. The van der Waals surface area contributed by atoms with Gasteiger partial charge >= 0.3 is 6.03 Å². The van der Waals surface area contributed by atoms with Crippen LogP contribution in [0.1, 0.15) is 41.6 Å². The number of carbonyl (C=O) groups excluding carboxylic acids is 2. The quantitative estimate of drug-likeness (QED) is 0.438. The van der Waals surface area contributed by atoms with Gasteiger partial charge in [0.25, 0.3) is 0 Å².